The number of hydrogen-bond donors (Lipinski definition) is 2. The van der Waals surface area contributed by atoms with Crippen LogP contribution in [-0.2, 0) is 20.5 Å². The molecule has 3 amide bonds. The minimum atomic E-state index is -2.53. The number of carbonyl (C=O) groups excluding carboxylic acids is 4. The van der Waals surface area contributed by atoms with E-state index in [-0.39, 0.29) is 65.9 Å². The Morgan fingerprint density at radius 2 is 1.45 bits per heavy atom. The van der Waals surface area contributed by atoms with Crippen molar-refractivity contribution in [3.63, 3.8) is 0 Å². The van der Waals surface area contributed by atoms with Crippen molar-refractivity contribution in [2.75, 3.05) is 53.7 Å². The summed E-state index contributed by atoms with van der Waals surface area (Å²) in [5.41, 5.74) is 4.54. The van der Waals surface area contributed by atoms with Crippen molar-refractivity contribution >= 4 is 71.8 Å². The van der Waals surface area contributed by atoms with Crippen LogP contribution in [0.1, 0.15) is 93.0 Å². The van der Waals surface area contributed by atoms with Gasteiger partial charge in [0.2, 0.25) is 0 Å². The first kappa shape index (κ1) is 53.2. The Balaban J connectivity index is 1.06. The van der Waals surface area contributed by atoms with E-state index in [9.17, 15) is 24.3 Å². The highest BCUT2D eigenvalue weighted by molar-refractivity contribution is 14.1. The normalized spacial score (nSPS) is 20.6. The molecule has 0 spiro atoms. The van der Waals surface area contributed by atoms with E-state index in [4.69, 9.17) is 32.8 Å². The molecule has 0 saturated heterocycles. The highest BCUT2D eigenvalue weighted by Gasteiger charge is 2.52. The number of ketones is 1. The summed E-state index contributed by atoms with van der Waals surface area (Å²) in [4.78, 5) is 60.8. The Hall–Kier alpha value is -5.57. The maximum absolute atomic E-state index is 14.5. The van der Waals surface area contributed by atoms with Gasteiger partial charge in [-0.1, -0.05) is 85.4 Å². The topological polar surface area (TPSA) is 175 Å². The van der Waals surface area contributed by atoms with Gasteiger partial charge in [-0.05, 0) is 93.9 Å². The van der Waals surface area contributed by atoms with E-state index in [2.05, 4.69) is 68.4 Å². The minimum Gasteiger partial charge on any atom is -0.493 e. The number of hydrogen-bond acceptors (Lipinski definition) is 13. The Bertz CT molecular complexity index is 2560. The fourth-order valence-corrected chi connectivity index (χ4v) is 10.9. The molecule has 0 radical (unpaired) electrons. The number of ether oxygens (including phenoxy) is 6. The third-order valence-electron chi connectivity index (χ3n) is 13.9. The summed E-state index contributed by atoms with van der Waals surface area (Å²) in [6.45, 7) is 18.7. The number of unbranched alkanes of at least 4 members (excludes halogenated alkanes) is 2. The van der Waals surface area contributed by atoms with Gasteiger partial charge in [-0.3, -0.25) is 14.5 Å². The Morgan fingerprint density at radius 1 is 0.845 bits per heavy atom. The van der Waals surface area contributed by atoms with E-state index in [1.54, 1.807) is 24.4 Å². The molecule has 3 heterocycles. The van der Waals surface area contributed by atoms with Gasteiger partial charge in [0.25, 0.3) is 5.91 Å². The van der Waals surface area contributed by atoms with Crippen molar-refractivity contribution in [1.29, 1.82) is 0 Å². The minimum absolute atomic E-state index is 0.0285. The van der Waals surface area contributed by atoms with Crippen molar-refractivity contribution in [1.82, 2.24) is 4.90 Å². The molecule has 3 aromatic carbocycles. The van der Waals surface area contributed by atoms with E-state index in [1.165, 1.54) is 36.2 Å². The smallest absolute Gasteiger partial charge is 0.416 e. The fourth-order valence-electron chi connectivity index (χ4n) is 9.17. The van der Waals surface area contributed by atoms with Crippen LogP contribution in [0.25, 0.3) is 0 Å². The molecular formula is C53H67IN4O12Si. The zero-order valence-corrected chi connectivity index (χ0v) is 45.3. The molecule has 382 valence electrons. The second-order valence-electron chi connectivity index (χ2n) is 19.9. The number of anilines is 3. The van der Waals surface area contributed by atoms with Crippen LogP contribution in [0.3, 0.4) is 0 Å². The first-order chi connectivity index (χ1) is 33.8. The average molecular weight is 1110 g/mol. The second kappa shape index (κ2) is 22.5. The molecule has 1 unspecified atom stereocenters. The van der Waals surface area contributed by atoms with Crippen LogP contribution >= 0.6 is 22.6 Å². The number of rotatable bonds is 18. The number of nitrogens with zero attached hydrogens (tertiary/aromatic N) is 3. The highest BCUT2D eigenvalue weighted by Crippen LogP contribution is 2.49. The number of benzene rings is 3. The number of amides is 3. The number of carbonyl (C=O) groups is 4. The van der Waals surface area contributed by atoms with Crippen molar-refractivity contribution < 1.29 is 57.1 Å². The predicted molar refractivity (Wildman–Crippen MR) is 283 cm³/mol. The lowest BCUT2D eigenvalue weighted by Crippen LogP contribution is -2.54. The first-order valence-corrected chi connectivity index (χ1v) is 28.4. The van der Waals surface area contributed by atoms with Gasteiger partial charge in [-0.25, -0.2) is 14.5 Å². The number of halogens is 1. The third-order valence-corrected chi connectivity index (χ3v) is 18.7. The van der Waals surface area contributed by atoms with Crippen LogP contribution in [-0.4, -0.2) is 99.3 Å². The molecule has 0 bridgehead atoms. The van der Waals surface area contributed by atoms with Crippen LogP contribution in [0, 0.1) is 11.8 Å². The number of nitrogens with one attached hydrogen (secondary N) is 1. The maximum atomic E-state index is 14.5. The molecule has 3 aliphatic heterocycles. The van der Waals surface area contributed by atoms with Crippen LogP contribution < -0.4 is 34.1 Å². The van der Waals surface area contributed by atoms with Crippen molar-refractivity contribution in [2.45, 2.75) is 110 Å². The number of Topliss-reactive ketones (excluding diaryl/α,β-unsaturated/α-hetero) is 1. The zero-order valence-electron chi connectivity index (χ0n) is 42.2. The lowest BCUT2D eigenvalue weighted by molar-refractivity contribution is 0.0544. The van der Waals surface area contributed by atoms with E-state index < -0.39 is 50.8 Å². The lowest BCUT2D eigenvalue weighted by Gasteiger charge is -2.44. The van der Waals surface area contributed by atoms with Gasteiger partial charge in [0.1, 0.15) is 19.4 Å². The molecule has 3 aromatic rings. The Morgan fingerprint density at radius 3 is 2.04 bits per heavy atom. The summed E-state index contributed by atoms with van der Waals surface area (Å²) in [6.07, 6.45) is 4.30. The molecule has 7 rings (SSSR count). The number of aliphatic hydroxyl groups excluding tert-OH is 1. The van der Waals surface area contributed by atoms with Crippen molar-refractivity contribution in [2.24, 2.45) is 11.8 Å². The first-order valence-electron chi connectivity index (χ1n) is 24.0. The van der Waals surface area contributed by atoms with Crippen LogP contribution in [0.5, 0.6) is 23.0 Å². The highest BCUT2D eigenvalue weighted by atomic mass is 127. The molecule has 0 saturated carbocycles. The van der Waals surface area contributed by atoms with Gasteiger partial charge < -0.3 is 48.2 Å². The Labute approximate surface area is 431 Å². The summed E-state index contributed by atoms with van der Waals surface area (Å²) in [5, 5.41) is 14.8. The zero-order chi connectivity index (χ0) is 51.4. The average Bonchev–Trinajstić information content (AvgIpc) is 3.90. The molecule has 1 aliphatic carbocycles. The van der Waals surface area contributed by atoms with Gasteiger partial charge in [0.15, 0.2) is 43.3 Å². The molecule has 4 aliphatic rings. The SMILES string of the molecule is C=CCOC(=O)N1c2cc(OCCCCCOc3cc4c(cc3OC)C(=O)N3C=C(C)C[C@H]3[C@H](O)N4C(=O)OCc3ccc(NCI)cc3)c(OC)cc2C(=O)C2C=C(C)C[C@H]2[C@@H]1O[Si](C)(C)C(C)(C)C. The molecule has 18 heteroatoms. The number of alkyl halides is 1. The summed E-state index contributed by atoms with van der Waals surface area (Å²) in [5.74, 6) is -0.129. The largest absolute Gasteiger partial charge is 0.493 e. The molecule has 16 nitrogen and oxygen atoms in total. The van der Waals surface area contributed by atoms with Crippen LogP contribution in [0.2, 0.25) is 18.1 Å². The van der Waals surface area contributed by atoms with Crippen molar-refractivity contribution in [3.8, 4) is 23.0 Å². The molecular weight excluding hydrogens is 1040 g/mol. The van der Waals surface area contributed by atoms with Gasteiger partial charge in [0.05, 0.1) is 55.0 Å². The van der Waals surface area contributed by atoms with E-state index in [0.29, 0.717) is 54.9 Å². The quantitative estimate of drug-likeness (QED) is 0.0308. The fraction of sp³-hybridized carbons (Fsp3) is 0.472. The number of fused-ring (bicyclic) bond motifs is 4. The predicted octanol–water partition coefficient (Wildman–Crippen LogP) is 11.0. The van der Waals surface area contributed by atoms with E-state index in [1.807, 2.05) is 44.2 Å². The number of methoxy groups -OCH3 is 2. The molecule has 0 aromatic heterocycles. The van der Waals surface area contributed by atoms with Gasteiger partial charge in [0, 0.05) is 41.4 Å². The summed E-state index contributed by atoms with van der Waals surface area (Å²) >= 11 is 2.22. The molecule has 5 atom stereocenters. The third kappa shape index (κ3) is 11.4. The molecule has 0 fully saturated rings. The standard InChI is InChI=1S/C53H67IN4O12Si/c1-11-19-68-52(63)58-40-27-45(43(64-7)25-38(40)47(59)36-22-32(2)23-37(36)50(58)70-71(9,10)53(4,5)6)66-20-13-12-14-21-67-46-28-41-39(26-44(46)65-8)48(60)56-29-33(3)24-42(56)49(61)57(41)51(62)69-30-34-15-17-35(18-16-34)55-31-54/h11,15-18,22,25-29,36-37,42,49-50,55,61H,1,12-14,19-21,23-24,30-31H2,2-10H3/t36?,37-,42+,49+,50+/m1/s1. The maximum Gasteiger partial charge on any atom is 0.416 e. The number of allylic oxidation sites excluding steroid dienone is 2. The summed E-state index contributed by atoms with van der Waals surface area (Å²) in [6, 6.07) is 13.2. The van der Waals surface area contributed by atoms with Crippen LogP contribution in [0.4, 0.5) is 26.7 Å². The van der Waals surface area contributed by atoms with Gasteiger partial charge in [-0.2, -0.15) is 0 Å². The second-order valence-corrected chi connectivity index (χ2v) is 25.4. The molecule has 71 heavy (non-hydrogen) atoms. The monoisotopic (exact) mass is 1110 g/mol. The molecule has 2 N–H and O–H groups in total. The number of aliphatic hydroxyl groups is 1. The summed E-state index contributed by atoms with van der Waals surface area (Å²) < 4.78 is 43.4. The van der Waals surface area contributed by atoms with E-state index in [0.717, 1.165) is 31.8 Å². The Kier molecular flexibility index (Phi) is 16.8. The lowest BCUT2D eigenvalue weighted by atomic mass is 9.88. The summed E-state index contributed by atoms with van der Waals surface area (Å²) in [7, 11) is 0.455. The van der Waals surface area contributed by atoms with Crippen LogP contribution in [0.15, 0.2) is 84.6 Å². The van der Waals surface area contributed by atoms with Crippen molar-refractivity contribution in [3.05, 3.63) is 101 Å². The van der Waals surface area contributed by atoms with Gasteiger partial charge >= 0.3 is 12.2 Å². The van der Waals surface area contributed by atoms with Gasteiger partial charge in [-0.15, -0.1) is 0 Å². The van der Waals surface area contributed by atoms with E-state index >= 15 is 0 Å².